The van der Waals surface area contributed by atoms with E-state index in [0.717, 1.165) is 43.0 Å². The first-order valence-electron chi connectivity index (χ1n) is 7.29. The first kappa shape index (κ1) is 16.6. The quantitative estimate of drug-likeness (QED) is 0.889. The molecule has 3 rings (SSSR count). The Kier molecular flexibility index (Phi) is 5.69. The second-order valence-electron chi connectivity index (χ2n) is 5.38. The highest BCUT2D eigenvalue weighted by Gasteiger charge is 2.21. The van der Waals surface area contributed by atoms with Gasteiger partial charge in [0.25, 0.3) is 5.91 Å². The van der Waals surface area contributed by atoms with Crippen LogP contribution in [0.3, 0.4) is 0 Å². The predicted octanol–water partition coefficient (Wildman–Crippen LogP) is 1.76. The Morgan fingerprint density at radius 3 is 3.05 bits per heavy atom. The van der Waals surface area contributed by atoms with E-state index in [0.29, 0.717) is 12.2 Å². The minimum absolute atomic E-state index is 0. The first-order chi connectivity index (χ1) is 10.3. The molecule has 1 atom stereocenters. The van der Waals surface area contributed by atoms with Gasteiger partial charge in [0.1, 0.15) is 18.1 Å². The lowest BCUT2D eigenvalue weighted by Crippen LogP contribution is -2.46. The van der Waals surface area contributed by atoms with Gasteiger partial charge in [-0.15, -0.1) is 12.4 Å². The van der Waals surface area contributed by atoms with Crippen molar-refractivity contribution in [3.05, 3.63) is 29.3 Å². The third-order valence-electron chi connectivity index (χ3n) is 3.85. The Hall–Kier alpha value is -1.72. The standard InChI is InChI=1S/C16H20N2O3.ClH/c1-20-14-4-5-15-11(8-14)7-12(10-21-15)16(19)18-13-3-2-6-17-9-13;/h4-5,7-8,13,17H,2-3,6,9-10H2,1H3,(H,18,19);1H. The van der Waals surface area contributed by atoms with Crippen LogP contribution in [0.5, 0.6) is 11.5 Å². The van der Waals surface area contributed by atoms with Crippen LogP contribution >= 0.6 is 12.4 Å². The molecule has 1 amide bonds. The Labute approximate surface area is 136 Å². The van der Waals surface area contributed by atoms with E-state index in [4.69, 9.17) is 9.47 Å². The van der Waals surface area contributed by atoms with Gasteiger partial charge in [-0.1, -0.05) is 0 Å². The number of halogens is 1. The lowest BCUT2D eigenvalue weighted by Gasteiger charge is -2.25. The van der Waals surface area contributed by atoms with Crippen molar-refractivity contribution in [1.29, 1.82) is 0 Å². The Bertz CT molecular complexity index is 569. The molecule has 2 heterocycles. The van der Waals surface area contributed by atoms with Crippen molar-refractivity contribution < 1.29 is 14.3 Å². The lowest BCUT2D eigenvalue weighted by atomic mass is 10.0. The van der Waals surface area contributed by atoms with Gasteiger partial charge in [0.15, 0.2) is 0 Å². The number of hydrogen-bond acceptors (Lipinski definition) is 4. The van der Waals surface area contributed by atoms with Gasteiger partial charge < -0.3 is 20.1 Å². The number of rotatable bonds is 3. The number of fused-ring (bicyclic) bond motifs is 1. The maximum Gasteiger partial charge on any atom is 0.250 e. The van der Waals surface area contributed by atoms with Crippen LogP contribution in [0, 0.1) is 0 Å². The average Bonchev–Trinajstić information content (AvgIpc) is 2.54. The van der Waals surface area contributed by atoms with Gasteiger partial charge >= 0.3 is 0 Å². The maximum atomic E-state index is 12.3. The summed E-state index contributed by atoms with van der Waals surface area (Å²) >= 11 is 0. The topological polar surface area (TPSA) is 59.6 Å². The van der Waals surface area contributed by atoms with E-state index in [9.17, 15) is 4.79 Å². The van der Waals surface area contributed by atoms with Crippen molar-refractivity contribution in [2.24, 2.45) is 0 Å². The van der Waals surface area contributed by atoms with Crippen LogP contribution < -0.4 is 20.1 Å². The normalized spacial score (nSPS) is 19.9. The molecular formula is C16H21ClN2O3. The van der Waals surface area contributed by atoms with E-state index in [1.54, 1.807) is 7.11 Å². The van der Waals surface area contributed by atoms with Crippen LogP contribution in [-0.2, 0) is 4.79 Å². The Morgan fingerprint density at radius 1 is 1.45 bits per heavy atom. The fraction of sp³-hybridized carbons (Fsp3) is 0.438. The molecule has 0 aliphatic carbocycles. The minimum Gasteiger partial charge on any atom is -0.497 e. The van der Waals surface area contributed by atoms with E-state index in [-0.39, 0.29) is 24.4 Å². The summed E-state index contributed by atoms with van der Waals surface area (Å²) in [5, 5.41) is 6.36. The van der Waals surface area contributed by atoms with Crippen molar-refractivity contribution in [1.82, 2.24) is 10.6 Å². The van der Waals surface area contributed by atoms with Gasteiger partial charge in [-0.05, 0) is 43.7 Å². The van der Waals surface area contributed by atoms with Crippen molar-refractivity contribution in [3.8, 4) is 11.5 Å². The molecule has 1 saturated heterocycles. The number of carbonyl (C=O) groups excluding carboxylic acids is 1. The molecule has 6 heteroatoms. The monoisotopic (exact) mass is 324 g/mol. The zero-order valence-corrected chi connectivity index (χ0v) is 13.4. The number of amides is 1. The molecule has 1 fully saturated rings. The van der Waals surface area contributed by atoms with Crippen LogP contribution in [0.1, 0.15) is 18.4 Å². The molecule has 1 unspecified atom stereocenters. The number of benzene rings is 1. The summed E-state index contributed by atoms with van der Waals surface area (Å²) in [7, 11) is 1.62. The molecule has 0 bridgehead atoms. The Morgan fingerprint density at radius 2 is 2.32 bits per heavy atom. The third kappa shape index (κ3) is 3.72. The molecular weight excluding hydrogens is 304 g/mol. The minimum atomic E-state index is -0.0443. The highest BCUT2D eigenvalue weighted by atomic mass is 35.5. The Balaban J connectivity index is 0.00000176. The number of nitrogens with one attached hydrogen (secondary N) is 2. The molecule has 1 aromatic carbocycles. The van der Waals surface area contributed by atoms with Crippen LogP contribution in [0.15, 0.2) is 23.8 Å². The summed E-state index contributed by atoms with van der Waals surface area (Å²) in [4.78, 5) is 12.3. The number of methoxy groups -OCH3 is 1. The maximum absolute atomic E-state index is 12.3. The SMILES string of the molecule is COc1ccc2c(c1)C=C(C(=O)NC1CCCNC1)CO2.Cl. The van der Waals surface area contributed by atoms with Crippen molar-refractivity contribution in [2.45, 2.75) is 18.9 Å². The highest BCUT2D eigenvalue weighted by molar-refractivity contribution is 5.99. The molecule has 0 aromatic heterocycles. The van der Waals surface area contributed by atoms with Gasteiger partial charge in [0.2, 0.25) is 0 Å². The van der Waals surface area contributed by atoms with Crippen LogP contribution in [0.25, 0.3) is 6.08 Å². The third-order valence-corrected chi connectivity index (χ3v) is 3.85. The number of hydrogen-bond donors (Lipinski definition) is 2. The molecule has 120 valence electrons. The second kappa shape index (κ2) is 7.51. The summed E-state index contributed by atoms with van der Waals surface area (Å²) in [6, 6.07) is 5.80. The van der Waals surface area contributed by atoms with E-state index < -0.39 is 0 Å². The molecule has 1 aromatic rings. The molecule has 22 heavy (non-hydrogen) atoms. The zero-order chi connectivity index (χ0) is 14.7. The van der Waals surface area contributed by atoms with E-state index >= 15 is 0 Å². The van der Waals surface area contributed by atoms with Crippen LogP contribution in [-0.4, -0.2) is 38.8 Å². The summed E-state index contributed by atoms with van der Waals surface area (Å²) in [6.45, 7) is 2.18. The van der Waals surface area contributed by atoms with E-state index in [1.165, 1.54) is 0 Å². The van der Waals surface area contributed by atoms with E-state index in [1.807, 2.05) is 24.3 Å². The number of ether oxygens (including phenoxy) is 2. The molecule has 0 radical (unpaired) electrons. The van der Waals surface area contributed by atoms with Crippen molar-refractivity contribution in [2.75, 3.05) is 26.8 Å². The molecule has 2 aliphatic heterocycles. The van der Waals surface area contributed by atoms with Gasteiger partial charge in [0.05, 0.1) is 12.7 Å². The summed E-state index contributed by atoms with van der Waals surface area (Å²) in [5.41, 5.74) is 1.54. The second-order valence-corrected chi connectivity index (χ2v) is 5.38. The fourth-order valence-corrected chi connectivity index (χ4v) is 2.67. The average molecular weight is 325 g/mol. The highest BCUT2D eigenvalue weighted by Crippen LogP contribution is 2.29. The molecule has 0 spiro atoms. The molecule has 0 saturated carbocycles. The van der Waals surface area contributed by atoms with E-state index in [2.05, 4.69) is 10.6 Å². The van der Waals surface area contributed by atoms with Gasteiger partial charge in [-0.25, -0.2) is 0 Å². The van der Waals surface area contributed by atoms with Gasteiger partial charge in [-0.3, -0.25) is 4.79 Å². The predicted molar refractivity (Wildman–Crippen MR) is 87.7 cm³/mol. The molecule has 2 aliphatic rings. The summed E-state index contributed by atoms with van der Waals surface area (Å²) in [5.74, 6) is 1.50. The lowest BCUT2D eigenvalue weighted by molar-refractivity contribution is -0.118. The summed E-state index contributed by atoms with van der Waals surface area (Å²) in [6.07, 6.45) is 4.00. The molecule has 2 N–H and O–H groups in total. The number of piperidine rings is 1. The first-order valence-corrected chi connectivity index (χ1v) is 7.29. The smallest absolute Gasteiger partial charge is 0.250 e. The molecule has 5 nitrogen and oxygen atoms in total. The van der Waals surface area contributed by atoms with Crippen LogP contribution in [0.4, 0.5) is 0 Å². The fourth-order valence-electron chi connectivity index (χ4n) is 2.67. The number of carbonyl (C=O) groups is 1. The summed E-state index contributed by atoms with van der Waals surface area (Å²) < 4.78 is 10.8. The van der Waals surface area contributed by atoms with Gasteiger partial charge in [-0.2, -0.15) is 0 Å². The zero-order valence-electron chi connectivity index (χ0n) is 12.6. The van der Waals surface area contributed by atoms with Crippen molar-refractivity contribution >= 4 is 24.4 Å². The van der Waals surface area contributed by atoms with Crippen LogP contribution in [0.2, 0.25) is 0 Å². The van der Waals surface area contributed by atoms with Crippen molar-refractivity contribution in [3.63, 3.8) is 0 Å². The largest absolute Gasteiger partial charge is 0.497 e. The van der Waals surface area contributed by atoms with Gasteiger partial charge in [0, 0.05) is 18.2 Å².